The van der Waals surface area contributed by atoms with Crippen molar-refractivity contribution in [3.8, 4) is 11.5 Å². The molecule has 1 saturated heterocycles. The molecule has 1 fully saturated rings. The van der Waals surface area contributed by atoms with Gasteiger partial charge in [-0.25, -0.2) is 0 Å². The van der Waals surface area contributed by atoms with E-state index in [9.17, 15) is 0 Å². The second-order valence-corrected chi connectivity index (χ2v) is 7.97. The van der Waals surface area contributed by atoms with Gasteiger partial charge in [0.05, 0.1) is 14.2 Å². The molecular formula is C18H29BrN2O2. The molecule has 0 bridgehead atoms. The fourth-order valence-corrected chi connectivity index (χ4v) is 3.50. The molecule has 1 aromatic rings. The van der Waals surface area contributed by atoms with Crippen LogP contribution in [0.2, 0.25) is 0 Å². The normalized spacial score (nSPS) is 17.3. The van der Waals surface area contributed by atoms with Crippen LogP contribution >= 0.6 is 15.9 Å². The minimum absolute atomic E-state index is 0.275. The van der Waals surface area contributed by atoms with Crippen LogP contribution in [-0.4, -0.2) is 43.8 Å². The number of halogens is 1. The molecule has 0 aliphatic carbocycles. The third-order valence-electron chi connectivity index (χ3n) is 4.58. The van der Waals surface area contributed by atoms with Crippen LogP contribution in [0.5, 0.6) is 11.5 Å². The summed E-state index contributed by atoms with van der Waals surface area (Å²) in [7, 11) is 3.33. The van der Waals surface area contributed by atoms with Gasteiger partial charge in [-0.05, 0) is 51.3 Å². The maximum atomic E-state index is 5.39. The first kappa shape index (κ1) is 18.6. The Kier molecular flexibility index (Phi) is 6.34. The maximum absolute atomic E-state index is 5.39. The summed E-state index contributed by atoms with van der Waals surface area (Å²) in [5.74, 6) is 1.52. The lowest BCUT2D eigenvalue weighted by molar-refractivity contribution is 0.0960. The monoisotopic (exact) mass is 384 g/mol. The third kappa shape index (κ3) is 4.85. The van der Waals surface area contributed by atoms with Gasteiger partial charge >= 0.3 is 0 Å². The number of hydrogen-bond donors (Lipinski definition) is 1. The van der Waals surface area contributed by atoms with E-state index in [0.717, 1.165) is 35.6 Å². The number of nitrogens with one attached hydrogen (secondary N) is 1. The quantitative estimate of drug-likeness (QED) is 0.836. The smallest absolute Gasteiger partial charge is 0.161 e. The van der Waals surface area contributed by atoms with E-state index < -0.39 is 0 Å². The zero-order chi connectivity index (χ0) is 17.0. The van der Waals surface area contributed by atoms with Crippen molar-refractivity contribution in [1.82, 2.24) is 10.2 Å². The standard InChI is InChI=1S/C18H29BrN2O2/c1-18(2,3)21-8-6-14(7-9-21)20-12-13-10-16(22-4)17(23-5)11-15(13)19/h10-11,14,20H,6-9,12H2,1-5H3. The summed E-state index contributed by atoms with van der Waals surface area (Å²) in [4.78, 5) is 2.57. The van der Waals surface area contributed by atoms with E-state index in [-0.39, 0.29) is 5.54 Å². The molecule has 130 valence electrons. The molecule has 0 amide bonds. The average Bonchev–Trinajstić information content (AvgIpc) is 2.53. The van der Waals surface area contributed by atoms with Crippen LogP contribution in [0.4, 0.5) is 0 Å². The van der Waals surface area contributed by atoms with Gasteiger partial charge < -0.3 is 14.8 Å². The van der Waals surface area contributed by atoms with Crippen molar-refractivity contribution in [2.45, 2.75) is 51.7 Å². The summed E-state index contributed by atoms with van der Waals surface area (Å²) < 4.78 is 11.8. The Labute approximate surface area is 148 Å². The van der Waals surface area contributed by atoms with Crippen molar-refractivity contribution in [3.05, 3.63) is 22.2 Å². The Morgan fingerprint density at radius 2 is 1.70 bits per heavy atom. The number of methoxy groups -OCH3 is 2. The van der Waals surface area contributed by atoms with E-state index in [2.05, 4.69) is 46.9 Å². The van der Waals surface area contributed by atoms with E-state index in [0.29, 0.717) is 6.04 Å². The van der Waals surface area contributed by atoms with E-state index in [4.69, 9.17) is 9.47 Å². The lowest BCUT2D eigenvalue weighted by Crippen LogP contribution is -2.49. The molecule has 0 radical (unpaired) electrons. The van der Waals surface area contributed by atoms with E-state index >= 15 is 0 Å². The molecule has 0 aromatic heterocycles. The van der Waals surface area contributed by atoms with Gasteiger partial charge in [0.25, 0.3) is 0 Å². The highest BCUT2D eigenvalue weighted by atomic mass is 79.9. The first-order chi connectivity index (χ1) is 10.8. The first-order valence-corrected chi connectivity index (χ1v) is 9.03. The van der Waals surface area contributed by atoms with Crippen LogP contribution in [0, 0.1) is 0 Å². The predicted molar refractivity (Wildman–Crippen MR) is 98.4 cm³/mol. The zero-order valence-corrected chi connectivity index (χ0v) is 16.5. The fourth-order valence-electron chi connectivity index (χ4n) is 3.04. The molecule has 0 saturated carbocycles. The lowest BCUT2D eigenvalue weighted by atomic mass is 9.98. The average molecular weight is 385 g/mol. The summed E-state index contributed by atoms with van der Waals surface area (Å²) in [6, 6.07) is 4.59. The van der Waals surface area contributed by atoms with Gasteiger partial charge in [-0.1, -0.05) is 15.9 Å². The number of benzene rings is 1. The van der Waals surface area contributed by atoms with Crippen molar-refractivity contribution < 1.29 is 9.47 Å². The SMILES string of the molecule is COc1cc(Br)c(CNC2CCN(C(C)(C)C)CC2)cc1OC. The molecule has 23 heavy (non-hydrogen) atoms. The molecule has 5 heteroatoms. The van der Waals surface area contributed by atoms with Crippen LogP contribution < -0.4 is 14.8 Å². The Morgan fingerprint density at radius 3 is 2.22 bits per heavy atom. The number of rotatable bonds is 5. The van der Waals surface area contributed by atoms with Gasteiger partial charge in [-0.2, -0.15) is 0 Å². The van der Waals surface area contributed by atoms with Crippen molar-refractivity contribution in [2.24, 2.45) is 0 Å². The van der Waals surface area contributed by atoms with Crippen LogP contribution in [0.15, 0.2) is 16.6 Å². The van der Waals surface area contributed by atoms with Gasteiger partial charge in [0.1, 0.15) is 0 Å². The molecule has 2 rings (SSSR count). The number of ether oxygens (including phenoxy) is 2. The second kappa shape index (κ2) is 7.86. The van der Waals surface area contributed by atoms with Crippen molar-refractivity contribution >= 4 is 15.9 Å². The highest BCUT2D eigenvalue weighted by Gasteiger charge is 2.26. The number of hydrogen-bond acceptors (Lipinski definition) is 4. The molecule has 4 nitrogen and oxygen atoms in total. The van der Waals surface area contributed by atoms with E-state index in [1.165, 1.54) is 18.4 Å². The fraction of sp³-hybridized carbons (Fsp3) is 0.667. The van der Waals surface area contributed by atoms with E-state index in [1.54, 1.807) is 14.2 Å². The zero-order valence-electron chi connectivity index (χ0n) is 14.9. The van der Waals surface area contributed by atoms with Crippen LogP contribution in [0.1, 0.15) is 39.2 Å². The minimum Gasteiger partial charge on any atom is -0.493 e. The Hall–Kier alpha value is -0.780. The van der Waals surface area contributed by atoms with Crippen LogP contribution in [0.25, 0.3) is 0 Å². The topological polar surface area (TPSA) is 33.7 Å². The largest absolute Gasteiger partial charge is 0.493 e. The molecular weight excluding hydrogens is 356 g/mol. The van der Waals surface area contributed by atoms with Crippen molar-refractivity contribution in [1.29, 1.82) is 0 Å². The van der Waals surface area contributed by atoms with Gasteiger partial charge in [0, 0.05) is 35.7 Å². The van der Waals surface area contributed by atoms with Crippen LogP contribution in [0.3, 0.4) is 0 Å². The molecule has 0 unspecified atom stereocenters. The summed E-state index contributed by atoms with van der Waals surface area (Å²) >= 11 is 3.63. The first-order valence-electron chi connectivity index (χ1n) is 8.24. The van der Waals surface area contributed by atoms with E-state index in [1.807, 2.05) is 12.1 Å². The Morgan fingerprint density at radius 1 is 1.13 bits per heavy atom. The molecule has 1 N–H and O–H groups in total. The Balaban J connectivity index is 1.92. The van der Waals surface area contributed by atoms with Crippen molar-refractivity contribution in [2.75, 3.05) is 27.3 Å². The molecule has 1 heterocycles. The highest BCUT2D eigenvalue weighted by molar-refractivity contribution is 9.10. The summed E-state index contributed by atoms with van der Waals surface area (Å²) in [6.07, 6.45) is 2.39. The third-order valence-corrected chi connectivity index (χ3v) is 5.32. The van der Waals surface area contributed by atoms with Crippen molar-refractivity contribution in [3.63, 3.8) is 0 Å². The predicted octanol–water partition coefficient (Wildman–Crippen LogP) is 3.82. The Bertz CT molecular complexity index is 520. The lowest BCUT2D eigenvalue weighted by Gasteiger charge is -2.41. The number of nitrogens with zero attached hydrogens (tertiary/aromatic N) is 1. The molecule has 1 aromatic carbocycles. The highest BCUT2D eigenvalue weighted by Crippen LogP contribution is 2.33. The second-order valence-electron chi connectivity index (χ2n) is 7.11. The number of piperidine rings is 1. The molecule has 1 aliphatic rings. The minimum atomic E-state index is 0.275. The van der Waals surface area contributed by atoms with Gasteiger partial charge in [0.2, 0.25) is 0 Å². The molecule has 0 atom stereocenters. The van der Waals surface area contributed by atoms with Gasteiger partial charge in [0.15, 0.2) is 11.5 Å². The maximum Gasteiger partial charge on any atom is 0.161 e. The molecule has 1 aliphatic heterocycles. The van der Waals surface area contributed by atoms with Gasteiger partial charge in [-0.15, -0.1) is 0 Å². The van der Waals surface area contributed by atoms with Crippen LogP contribution in [-0.2, 0) is 6.54 Å². The summed E-state index contributed by atoms with van der Waals surface area (Å²) in [5.41, 5.74) is 1.47. The summed E-state index contributed by atoms with van der Waals surface area (Å²) in [6.45, 7) is 10.0. The van der Waals surface area contributed by atoms with Gasteiger partial charge in [-0.3, -0.25) is 4.90 Å². The molecule has 0 spiro atoms. The summed E-state index contributed by atoms with van der Waals surface area (Å²) in [5, 5.41) is 3.69. The number of likely N-dealkylation sites (tertiary alicyclic amines) is 1.